The molecule has 3 nitrogen and oxygen atoms in total. The van der Waals surface area contributed by atoms with Gasteiger partial charge >= 0.3 is 0 Å². The minimum absolute atomic E-state index is 1.05. The first kappa shape index (κ1) is 39.9. The highest BCUT2D eigenvalue weighted by Crippen LogP contribution is 2.36. The van der Waals surface area contributed by atoms with Gasteiger partial charge in [0.25, 0.3) is 0 Å². The predicted octanol–water partition coefficient (Wildman–Crippen LogP) is 15.4. The molecule has 0 radical (unpaired) electrons. The van der Waals surface area contributed by atoms with Crippen molar-refractivity contribution in [1.29, 1.82) is 0 Å². The van der Waals surface area contributed by atoms with Gasteiger partial charge in [-0.3, -0.25) is 0 Å². The zero-order valence-electron chi connectivity index (χ0n) is 34.8. The molecule has 0 amide bonds. The lowest BCUT2D eigenvalue weighted by Gasteiger charge is -2.22. The fraction of sp³-hybridized carbons (Fsp3) is 0.333. The van der Waals surface area contributed by atoms with Crippen molar-refractivity contribution in [2.45, 2.75) is 117 Å². The molecule has 7 aromatic rings. The van der Waals surface area contributed by atoms with Gasteiger partial charge in [-0.05, 0) is 110 Å². The van der Waals surface area contributed by atoms with Gasteiger partial charge in [-0.15, -0.1) is 0 Å². The molecule has 0 aliphatic heterocycles. The van der Waals surface area contributed by atoms with E-state index in [1.807, 2.05) is 0 Å². The van der Waals surface area contributed by atoms with Gasteiger partial charge in [0.05, 0.1) is 17.1 Å². The maximum absolute atomic E-state index is 2.58. The van der Waals surface area contributed by atoms with Crippen LogP contribution in [0.2, 0.25) is 0 Å². The van der Waals surface area contributed by atoms with Gasteiger partial charge in [0.1, 0.15) is 0 Å². The van der Waals surface area contributed by atoms with E-state index in [-0.39, 0.29) is 0 Å². The first-order chi connectivity index (χ1) is 28.2. The number of benzene rings is 4. The maximum Gasteiger partial charge on any atom is 0.0531 e. The Hall–Kier alpha value is -5.28. The average Bonchev–Trinajstić information content (AvgIpc) is 4.01. The van der Waals surface area contributed by atoms with E-state index < -0.39 is 0 Å². The van der Waals surface area contributed by atoms with Crippen LogP contribution in [0, 0.1) is 0 Å². The molecule has 0 saturated carbocycles. The van der Waals surface area contributed by atoms with E-state index >= 15 is 0 Å². The van der Waals surface area contributed by atoms with Gasteiger partial charge in [-0.1, -0.05) is 170 Å². The molecule has 3 aromatic heterocycles. The van der Waals surface area contributed by atoms with Crippen molar-refractivity contribution in [2.75, 3.05) is 0 Å². The lowest BCUT2D eigenvalue weighted by molar-refractivity contribution is 0.654. The Balaban J connectivity index is 1.49. The highest BCUT2D eigenvalue weighted by molar-refractivity contribution is 5.71. The number of hydrogen-bond donors (Lipinski definition) is 0. The summed E-state index contributed by atoms with van der Waals surface area (Å²) < 4.78 is 7.73. The van der Waals surface area contributed by atoms with E-state index in [1.54, 1.807) is 0 Å². The molecule has 0 unspecified atom stereocenters. The number of nitrogens with zero attached hydrogens (tertiary/aromatic N) is 3. The van der Waals surface area contributed by atoms with E-state index in [1.165, 1.54) is 145 Å². The molecule has 0 aliphatic rings. The molecule has 3 heteroatoms. The third-order valence-electron chi connectivity index (χ3n) is 11.6. The number of hydrogen-bond acceptors (Lipinski definition) is 0. The summed E-state index contributed by atoms with van der Waals surface area (Å²) in [6.07, 6.45) is 18.0. The second-order valence-corrected chi connectivity index (χ2v) is 15.9. The molecule has 0 saturated heterocycles. The zero-order chi connectivity index (χ0) is 39.2. The Morgan fingerprint density at radius 1 is 0.298 bits per heavy atom. The molecule has 3 heterocycles. The number of unbranched alkanes of at least 4 members (excludes halogenated alkanes) is 9. The van der Waals surface area contributed by atoms with Crippen LogP contribution in [-0.4, -0.2) is 13.7 Å². The van der Waals surface area contributed by atoms with Crippen LogP contribution >= 0.6 is 0 Å². The Bertz CT molecular complexity index is 1980. The second kappa shape index (κ2) is 20.2. The highest BCUT2D eigenvalue weighted by atomic mass is 15.1. The smallest absolute Gasteiger partial charge is 0.0531 e. The van der Waals surface area contributed by atoms with E-state index in [2.05, 4.69) is 180 Å². The number of rotatable bonds is 21. The van der Waals surface area contributed by atoms with Crippen LogP contribution in [-0.2, 0) is 19.3 Å². The summed E-state index contributed by atoms with van der Waals surface area (Å²) in [5.74, 6) is 0. The third kappa shape index (κ3) is 9.65. The van der Waals surface area contributed by atoms with Gasteiger partial charge in [0.2, 0.25) is 0 Å². The first-order valence-electron chi connectivity index (χ1n) is 22.1. The van der Waals surface area contributed by atoms with Gasteiger partial charge in [-0.2, -0.15) is 0 Å². The SMILES string of the molecule is CCCCCCc1ccc(-c2ccccc2)n1-c1cc(-n2c(CCCCCC)ccc2-c2ccccc2)cc(-n2c(CCCCCC)ccc2-c2ccccc2)c1. The van der Waals surface area contributed by atoms with Crippen LogP contribution in [0.3, 0.4) is 0 Å². The number of aryl methyl sites for hydroxylation is 3. The summed E-state index contributed by atoms with van der Waals surface area (Å²) in [5, 5.41) is 0. The van der Waals surface area contributed by atoms with Crippen molar-refractivity contribution in [3.05, 3.63) is 163 Å². The van der Waals surface area contributed by atoms with Crippen molar-refractivity contribution in [1.82, 2.24) is 13.7 Å². The summed E-state index contributed by atoms with van der Waals surface area (Å²) in [6.45, 7) is 6.90. The maximum atomic E-state index is 2.58. The molecule has 294 valence electrons. The topological polar surface area (TPSA) is 14.8 Å². The summed E-state index contributed by atoms with van der Waals surface area (Å²) >= 11 is 0. The quantitative estimate of drug-likeness (QED) is 0.0649. The first-order valence-corrected chi connectivity index (χ1v) is 22.1. The fourth-order valence-electron chi connectivity index (χ4n) is 8.61. The zero-order valence-corrected chi connectivity index (χ0v) is 34.8. The fourth-order valence-corrected chi connectivity index (χ4v) is 8.61. The van der Waals surface area contributed by atoms with Gasteiger partial charge < -0.3 is 13.7 Å². The largest absolute Gasteiger partial charge is 0.313 e. The summed E-state index contributed by atoms with van der Waals surface area (Å²) in [4.78, 5) is 0. The van der Waals surface area contributed by atoms with E-state index in [4.69, 9.17) is 0 Å². The molecule has 4 aromatic carbocycles. The predicted molar refractivity (Wildman–Crippen MR) is 244 cm³/mol. The lowest BCUT2D eigenvalue weighted by atomic mass is 10.1. The molecule has 7 rings (SSSR count). The van der Waals surface area contributed by atoms with Crippen LogP contribution in [0.5, 0.6) is 0 Å². The molecule has 0 fully saturated rings. The molecule has 0 spiro atoms. The molecule has 0 bridgehead atoms. The van der Waals surface area contributed by atoms with Crippen LogP contribution in [0.4, 0.5) is 0 Å². The minimum atomic E-state index is 1.05. The van der Waals surface area contributed by atoms with Crippen molar-refractivity contribution >= 4 is 0 Å². The highest BCUT2D eigenvalue weighted by Gasteiger charge is 2.20. The van der Waals surface area contributed by atoms with E-state index in [0.29, 0.717) is 0 Å². The third-order valence-corrected chi connectivity index (χ3v) is 11.6. The average molecular weight is 754 g/mol. The van der Waals surface area contributed by atoms with Crippen molar-refractivity contribution < 1.29 is 0 Å². The minimum Gasteiger partial charge on any atom is -0.313 e. The van der Waals surface area contributed by atoms with Crippen molar-refractivity contribution in [3.63, 3.8) is 0 Å². The van der Waals surface area contributed by atoms with Gasteiger partial charge in [-0.25, -0.2) is 0 Å². The van der Waals surface area contributed by atoms with Crippen LogP contribution < -0.4 is 0 Å². The Morgan fingerprint density at radius 3 is 0.842 bits per heavy atom. The van der Waals surface area contributed by atoms with E-state index in [0.717, 1.165) is 19.3 Å². The monoisotopic (exact) mass is 754 g/mol. The standard InChI is InChI=1S/C54H63N3/c1-4-7-10-22-31-46-34-37-52(43-25-16-13-17-26-43)55(46)49-40-50(56-47(32-23-11-8-5-2)35-38-53(56)44-27-18-14-19-28-44)42-51(41-49)57-48(33-24-12-9-6-3)36-39-54(57)45-29-20-15-21-30-45/h13-21,25-30,34-42H,4-12,22-24,31-33H2,1-3H3. The Labute approximate surface area is 343 Å². The summed E-state index contributed by atoms with van der Waals surface area (Å²) in [7, 11) is 0. The Morgan fingerprint density at radius 2 is 0.579 bits per heavy atom. The molecule has 57 heavy (non-hydrogen) atoms. The van der Waals surface area contributed by atoms with Gasteiger partial charge in [0, 0.05) is 34.1 Å². The molecular weight excluding hydrogens is 691 g/mol. The summed E-state index contributed by atoms with van der Waals surface area (Å²) in [5.41, 5.74) is 15.2. The normalized spacial score (nSPS) is 11.4. The molecular formula is C54H63N3. The number of aromatic nitrogens is 3. The second-order valence-electron chi connectivity index (χ2n) is 15.9. The molecule has 0 atom stereocenters. The van der Waals surface area contributed by atoms with E-state index in [9.17, 15) is 0 Å². The van der Waals surface area contributed by atoms with Crippen LogP contribution in [0.15, 0.2) is 146 Å². The molecule has 0 N–H and O–H groups in total. The van der Waals surface area contributed by atoms with Crippen LogP contribution in [0.1, 0.15) is 115 Å². The Kier molecular flexibility index (Phi) is 14.2. The van der Waals surface area contributed by atoms with Gasteiger partial charge in [0.15, 0.2) is 0 Å². The van der Waals surface area contributed by atoms with Crippen molar-refractivity contribution in [3.8, 4) is 50.8 Å². The summed E-state index contributed by atoms with van der Waals surface area (Å²) in [6, 6.07) is 54.6. The van der Waals surface area contributed by atoms with Crippen molar-refractivity contribution in [2.24, 2.45) is 0 Å². The molecule has 0 aliphatic carbocycles. The van der Waals surface area contributed by atoms with Crippen LogP contribution in [0.25, 0.3) is 50.8 Å². The lowest BCUT2D eigenvalue weighted by Crippen LogP contribution is -2.10.